The quantitative estimate of drug-likeness (QED) is 0.414. The molecule has 0 heterocycles. The van der Waals surface area contributed by atoms with Gasteiger partial charge in [0.15, 0.2) is 0 Å². The van der Waals surface area contributed by atoms with Crippen LogP contribution in [-0.2, 0) is 9.53 Å². The van der Waals surface area contributed by atoms with E-state index in [1.807, 2.05) is 26.2 Å². The second-order valence-electron chi connectivity index (χ2n) is 7.10. The Morgan fingerprint density at radius 3 is 2.42 bits per heavy atom. The number of nitrogens with one attached hydrogen (secondary N) is 1. The fourth-order valence-corrected chi connectivity index (χ4v) is 3.30. The zero-order valence-electron chi connectivity index (χ0n) is 15.6. The minimum Gasteiger partial charge on any atom is -0.378 e. The van der Waals surface area contributed by atoms with Crippen LogP contribution >= 0.6 is 0 Å². The van der Waals surface area contributed by atoms with Crippen molar-refractivity contribution in [2.24, 2.45) is 5.92 Å². The van der Waals surface area contributed by atoms with E-state index in [2.05, 4.69) is 10.2 Å². The zero-order valence-corrected chi connectivity index (χ0v) is 15.6. The highest BCUT2D eigenvalue weighted by Gasteiger charge is 2.27. The number of rotatable bonds is 9. The Morgan fingerprint density at radius 1 is 1.19 bits per heavy atom. The number of hydrogen-bond donors (Lipinski definition) is 1. The highest BCUT2D eigenvalue weighted by atomic mass is 16.6. The summed E-state index contributed by atoms with van der Waals surface area (Å²) < 4.78 is 5.48. The average molecular weight is 363 g/mol. The molecule has 0 bridgehead atoms. The molecular formula is C19H29N3O4. The number of carbonyl (C=O) groups excluding carboxylic acids is 1. The fraction of sp³-hybridized carbons (Fsp3) is 0.632. The number of non-ortho nitro benzene ring substituents is 1. The standard InChI is InChI=1S/C19H29N3O4/c1-21(2)12-14-26-13-11-20-19(23)17-5-3-15(4-6-17)16-7-9-18(10-8-16)22(24)25/h7-10,15,17H,3-6,11-14H2,1-2H3,(H,20,23). The summed E-state index contributed by atoms with van der Waals surface area (Å²) >= 11 is 0. The van der Waals surface area contributed by atoms with Gasteiger partial charge in [0, 0.05) is 31.1 Å². The van der Waals surface area contributed by atoms with Gasteiger partial charge >= 0.3 is 0 Å². The van der Waals surface area contributed by atoms with Gasteiger partial charge in [0.05, 0.1) is 18.1 Å². The van der Waals surface area contributed by atoms with E-state index in [-0.39, 0.29) is 22.4 Å². The van der Waals surface area contributed by atoms with E-state index in [0.29, 0.717) is 25.7 Å². The summed E-state index contributed by atoms with van der Waals surface area (Å²) in [6.45, 7) is 2.64. The molecule has 144 valence electrons. The van der Waals surface area contributed by atoms with Crippen molar-refractivity contribution in [2.75, 3.05) is 40.4 Å². The third-order valence-electron chi connectivity index (χ3n) is 4.90. The summed E-state index contributed by atoms with van der Waals surface area (Å²) in [5, 5.41) is 13.7. The maximum absolute atomic E-state index is 12.3. The van der Waals surface area contributed by atoms with Gasteiger partial charge in [-0.1, -0.05) is 12.1 Å². The Morgan fingerprint density at radius 2 is 1.85 bits per heavy atom. The molecule has 26 heavy (non-hydrogen) atoms. The van der Waals surface area contributed by atoms with Crippen molar-refractivity contribution < 1.29 is 14.5 Å². The van der Waals surface area contributed by atoms with E-state index >= 15 is 0 Å². The molecule has 0 spiro atoms. The molecule has 7 nitrogen and oxygen atoms in total. The van der Waals surface area contributed by atoms with Crippen molar-refractivity contribution in [3.05, 3.63) is 39.9 Å². The minimum atomic E-state index is -0.380. The molecule has 1 aliphatic carbocycles. The van der Waals surface area contributed by atoms with E-state index in [0.717, 1.165) is 37.8 Å². The molecule has 1 aromatic carbocycles. The number of hydrogen-bond acceptors (Lipinski definition) is 5. The van der Waals surface area contributed by atoms with Crippen LogP contribution in [0.25, 0.3) is 0 Å². The first kappa shape index (κ1) is 20.3. The number of benzene rings is 1. The maximum Gasteiger partial charge on any atom is 0.269 e. The van der Waals surface area contributed by atoms with Gasteiger partial charge in [-0.3, -0.25) is 14.9 Å². The molecule has 2 rings (SSSR count). The largest absolute Gasteiger partial charge is 0.378 e. The first-order valence-corrected chi connectivity index (χ1v) is 9.22. The molecular weight excluding hydrogens is 334 g/mol. The Balaban J connectivity index is 1.67. The lowest BCUT2D eigenvalue weighted by Gasteiger charge is -2.28. The lowest BCUT2D eigenvalue weighted by atomic mass is 9.78. The summed E-state index contributed by atoms with van der Waals surface area (Å²) in [6.07, 6.45) is 3.59. The predicted octanol–water partition coefficient (Wildman–Crippen LogP) is 2.56. The van der Waals surface area contributed by atoms with Crippen LogP contribution in [0.1, 0.15) is 37.2 Å². The van der Waals surface area contributed by atoms with Gasteiger partial charge in [-0.15, -0.1) is 0 Å². The minimum absolute atomic E-state index is 0.0612. The van der Waals surface area contributed by atoms with Gasteiger partial charge in [-0.2, -0.15) is 0 Å². The number of amides is 1. The van der Waals surface area contributed by atoms with Crippen LogP contribution in [0.3, 0.4) is 0 Å². The van der Waals surface area contributed by atoms with E-state index in [1.54, 1.807) is 12.1 Å². The summed E-state index contributed by atoms with van der Waals surface area (Å²) in [5.74, 6) is 0.559. The van der Waals surface area contributed by atoms with Crippen molar-refractivity contribution >= 4 is 11.6 Å². The topological polar surface area (TPSA) is 84.7 Å². The van der Waals surface area contributed by atoms with E-state index in [1.165, 1.54) is 0 Å². The van der Waals surface area contributed by atoms with E-state index < -0.39 is 0 Å². The second kappa shape index (κ2) is 10.2. The van der Waals surface area contributed by atoms with Gasteiger partial charge in [-0.25, -0.2) is 0 Å². The average Bonchev–Trinajstić information content (AvgIpc) is 2.64. The number of likely N-dealkylation sites (N-methyl/N-ethyl adjacent to an activating group) is 1. The maximum atomic E-state index is 12.3. The van der Waals surface area contributed by atoms with Gasteiger partial charge in [0.2, 0.25) is 5.91 Å². The number of ether oxygens (including phenoxy) is 1. The second-order valence-corrected chi connectivity index (χ2v) is 7.10. The molecule has 0 radical (unpaired) electrons. The smallest absolute Gasteiger partial charge is 0.269 e. The third kappa shape index (κ3) is 6.38. The molecule has 1 N–H and O–H groups in total. The zero-order chi connectivity index (χ0) is 18.9. The molecule has 1 aromatic rings. The Hall–Kier alpha value is -1.99. The van der Waals surface area contributed by atoms with Crippen molar-refractivity contribution in [2.45, 2.75) is 31.6 Å². The first-order chi connectivity index (χ1) is 12.5. The number of carbonyl (C=O) groups is 1. The highest BCUT2D eigenvalue weighted by molar-refractivity contribution is 5.78. The fourth-order valence-electron chi connectivity index (χ4n) is 3.30. The van der Waals surface area contributed by atoms with Crippen molar-refractivity contribution in [1.82, 2.24) is 10.2 Å². The summed E-state index contributed by atoms with van der Waals surface area (Å²) in [7, 11) is 4.00. The summed E-state index contributed by atoms with van der Waals surface area (Å²) in [5.41, 5.74) is 1.25. The molecule has 1 fully saturated rings. The van der Waals surface area contributed by atoms with Gasteiger partial charge in [0.25, 0.3) is 5.69 Å². The van der Waals surface area contributed by atoms with Crippen LogP contribution in [0.4, 0.5) is 5.69 Å². The normalized spacial score (nSPS) is 20.1. The van der Waals surface area contributed by atoms with E-state index in [9.17, 15) is 14.9 Å². The van der Waals surface area contributed by atoms with Crippen LogP contribution in [0, 0.1) is 16.0 Å². The molecule has 1 aliphatic rings. The Kier molecular flexibility index (Phi) is 8.00. The lowest BCUT2D eigenvalue weighted by Crippen LogP contribution is -2.35. The molecule has 7 heteroatoms. The molecule has 0 aliphatic heterocycles. The van der Waals surface area contributed by atoms with Crippen LogP contribution in [-0.4, -0.2) is 56.1 Å². The van der Waals surface area contributed by atoms with Crippen molar-refractivity contribution in [3.63, 3.8) is 0 Å². The van der Waals surface area contributed by atoms with Crippen LogP contribution in [0.15, 0.2) is 24.3 Å². The van der Waals surface area contributed by atoms with E-state index in [4.69, 9.17) is 4.74 Å². The number of nitro benzene ring substituents is 1. The lowest BCUT2D eigenvalue weighted by molar-refractivity contribution is -0.384. The number of nitro groups is 1. The molecule has 0 saturated heterocycles. The van der Waals surface area contributed by atoms with Gasteiger partial charge in [0.1, 0.15) is 0 Å². The Bertz CT molecular complexity index is 581. The first-order valence-electron chi connectivity index (χ1n) is 9.22. The molecule has 1 amide bonds. The van der Waals surface area contributed by atoms with Crippen molar-refractivity contribution in [1.29, 1.82) is 0 Å². The van der Waals surface area contributed by atoms with Gasteiger partial charge in [-0.05, 0) is 51.3 Å². The van der Waals surface area contributed by atoms with Gasteiger partial charge < -0.3 is 15.0 Å². The summed E-state index contributed by atoms with van der Waals surface area (Å²) in [4.78, 5) is 24.7. The van der Waals surface area contributed by atoms with Crippen LogP contribution < -0.4 is 5.32 Å². The highest BCUT2D eigenvalue weighted by Crippen LogP contribution is 2.36. The van der Waals surface area contributed by atoms with Crippen LogP contribution in [0.2, 0.25) is 0 Å². The molecule has 0 unspecified atom stereocenters. The molecule has 1 saturated carbocycles. The SMILES string of the molecule is CN(C)CCOCCNC(=O)C1CCC(c2ccc([N+](=O)[O-])cc2)CC1. The number of nitrogens with zero attached hydrogens (tertiary/aromatic N) is 2. The monoisotopic (exact) mass is 363 g/mol. The van der Waals surface area contributed by atoms with Crippen LogP contribution in [0.5, 0.6) is 0 Å². The third-order valence-corrected chi connectivity index (χ3v) is 4.90. The Labute approximate surface area is 154 Å². The molecule has 0 atom stereocenters. The summed E-state index contributed by atoms with van der Waals surface area (Å²) in [6, 6.07) is 6.80. The predicted molar refractivity (Wildman–Crippen MR) is 100 cm³/mol. The molecule has 0 aromatic heterocycles. The van der Waals surface area contributed by atoms with Crippen molar-refractivity contribution in [3.8, 4) is 0 Å².